The van der Waals surface area contributed by atoms with Crippen LogP contribution in [0, 0.1) is 11.3 Å². The van der Waals surface area contributed by atoms with E-state index in [4.69, 9.17) is 10.5 Å². The number of ether oxygens (including phenoxy) is 1. The SMILES string of the molecule is C[S+]([O-])Cc1cc(Nc2cc(NC3CC3)n3ncc(C#N)c3n2)ccc1OCC1(N)CC1. The van der Waals surface area contributed by atoms with Crippen LogP contribution in [0.4, 0.5) is 17.3 Å². The van der Waals surface area contributed by atoms with Crippen LogP contribution in [0.15, 0.2) is 30.5 Å². The minimum Gasteiger partial charge on any atom is -0.616 e. The number of hydrogen-bond acceptors (Lipinski definition) is 8. The van der Waals surface area contributed by atoms with E-state index in [2.05, 4.69) is 26.8 Å². The molecule has 0 bridgehead atoms. The fourth-order valence-electron chi connectivity index (χ4n) is 3.45. The van der Waals surface area contributed by atoms with Gasteiger partial charge in [-0.1, -0.05) is 11.2 Å². The highest BCUT2D eigenvalue weighted by atomic mass is 32.2. The predicted molar refractivity (Wildman–Crippen MR) is 123 cm³/mol. The Morgan fingerprint density at radius 2 is 2.19 bits per heavy atom. The smallest absolute Gasteiger partial charge is 0.177 e. The van der Waals surface area contributed by atoms with Crippen molar-refractivity contribution in [3.63, 3.8) is 0 Å². The second-order valence-electron chi connectivity index (χ2n) is 8.67. The number of fused-ring (bicyclic) bond motifs is 1. The highest BCUT2D eigenvalue weighted by Gasteiger charge is 2.39. The standard InChI is InChI=1S/C22H25N7O2S/c1-32(30)12-14-8-17(4-5-18(14)31-13-22(24)6-7-22)26-19-9-20(27-16-2-3-16)29-21(28-19)15(10-23)11-25-29/h4-5,8-9,11,16,27H,2-3,6-7,12-13,24H2,1H3,(H,26,28). The summed E-state index contributed by atoms with van der Waals surface area (Å²) in [5, 5.41) is 20.5. The van der Waals surface area contributed by atoms with Crippen LogP contribution in [0.1, 0.15) is 36.8 Å². The zero-order valence-corrected chi connectivity index (χ0v) is 18.6. The molecule has 1 unspecified atom stereocenters. The zero-order valence-electron chi connectivity index (χ0n) is 17.8. The Morgan fingerprint density at radius 1 is 1.38 bits per heavy atom. The van der Waals surface area contributed by atoms with Gasteiger partial charge in [0.2, 0.25) is 0 Å². The van der Waals surface area contributed by atoms with Gasteiger partial charge in [-0.15, -0.1) is 0 Å². The van der Waals surface area contributed by atoms with Crippen LogP contribution in [0.3, 0.4) is 0 Å². The third-order valence-electron chi connectivity index (χ3n) is 5.62. The first kappa shape index (κ1) is 20.9. The lowest BCUT2D eigenvalue weighted by Gasteiger charge is -2.17. The van der Waals surface area contributed by atoms with Gasteiger partial charge in [0, 0.05) is 23.4 Å². The van der Waals surface area contributed by atoms with E-state index < -0.39 is 11.2 Å². The maximum absolute atomic E-state index is 11.9. The molecule has 4 N–H and O–H groups in total. The summed E-state index contributed by atoms with van der Waals surface area (Å²) in [6.07, 6.45) is 7.35. The number of nitrogens with one attached hydrogen (secondary N) is 2. The van der Waals surface area contributed by atoms with Crippen LogP contribution >= 0.6 is 0 Å². The Balaban J connectivity index is 1.43. The van der Waals surface area contributed by atoms with Crippen molar-refractivity contribution in [2.24, 2.45) is 5.73 Å². The molecule has 2 saturated carbocycles. The third kappa shape index (κ3) is 4.60. The van der Waals surface area contributed by atoms with Crippen molar-refractivity contribution >= 4 is 34.1 Å². The lowest BCUT2D eigenvalue weighted by atomic mass is 10.2. The summed E-state index contributed by atoms with van der Waals surface area (Å²) < 4.78 is 19.6. The molecule has 2 heterocycles. The summed E-state index contributed by atoms with van der Waals surface area (Å²) in [7, 11) is 0. The second-order valence-corrected chi connectivity index (χ2v) is 10.1. The molecule has 0 spiro atoms. The molecule has 32 heavy (non-hydrogen) atoms. The van der Waals surface area contributed by atoms with E-state index in [0.29, 0.717) is 41.2 Å². The summed E-state index contributed by atoms with van der Waals surface area (Å²) in [6, 6.07) is 10.1. The largest absolute Gasteiger partial charge is 0.616 e. The molecule has 0 radical (unpaired) electrons. The van der Waals surface area contributed by atoms with Crippen LogP contribution in [-0.2, 0) is 16.9 Å². The second kappa shape index (κ2) is 8.16. The van der Waals surface area contributed by atoms with Crippen LogP contribution < -0.4 is 21.1 Å². The van der Waals surface area contributed by atoms with E-state index in [1.54, 1.807) is 10.8 Å². The molecule has 0 amide bonds. The van der Waals surface area contributed by atoms with Crippen molar-refractivity contribution in [1.82, 2.24) is 14.6 Å². The van der Waals surface area contributed by atoms with Gasteiger partial charge in [0.25, 0.3) is 0 Å². The molecular formula is C22H25N7O2S. The molecular weight excluding hydrogens is 426 g/mol. The normalized spacial score (nSPS) is 17.6. The summed E-state index contributed by atoms with van der Waals surface area (Å²) in [5.74, 6) is 2.46. The first-order chi connectivity index (χ1) is 15.4. The van der Waals surface area contributed by atoms with Gasteiger partial charge in [-0.3, -0.25) is 0 Å². The Bertz CT molecular complexity index is 1190. The monoisotopic (exact) mass is 451 g/mol. The van der Waals surface area contributed by atoms with Gasteiger partial charge in [-0.05, 0) is 43.9 Å². The lowest BCUT2D eigenvalue weighted by molar-refractivity contribution is 0.277. The highest BCUT2D eigenvalue weighted by Crippen LogP contribution is 2.34. The van der Waals surface area contributed by atoms with E-state index in [1.807, 2.05) is 24.3 Å². The summed E-state index contributed by atoms with van der Waals surface area (Å²) in [6.45, 7) is 0.454. The number of nitrogens with zero attached hydrogens (tertiary/aromatic N) is 4. The predicted octanol–water partition coefficient (Wildman–Crippen LogP) is 2.67. The van der Waals surface area contributed by atoms with Crippen molar-refractivity contribution in [3.8, 4) is 11.8 Å². The van der Waals surface area contributed by atoms with Crippen molar-refractivity contribution in [1.29, 1.82) is 5.26 Å². The Kier molecular flexibility index (Phi) is 5.33. The van der Waals surface area contributed by atoms with Gasteiger partial charge in [0.05, 0.1) is 18.0 Å². The molecule has 5 rings (SSSR count). The van der Waals surface area contributed by atoms with Crippen molar-refractivity contribution in [3.05, 3.63) is 41.6 Å². The summed E-state index contributed by atoms with van der Waals surface area (Å²) >= 11 is -1.02. The molecule has 1 aromatic carbocycles. The van der Waals surface area contributed by atoms with Crippen LogP contribution in [0.25, 0.3) is 5.65 Å². The van der Waals surface area contributed by atoms with Gasteiger partial charge in [-0.25, -0.2) is 4.98 Å². The molecule has 10 heteroatoms. The molecule has 166 valence electrons. The quantitative estimate of drug-likeness (QED) is 0.422. The average Bonchev–Trinajstić information content (AvgIpc) is 3.67. The molecule has 2 fully saturated rings. The highest BCUT2D eigenvalue weighted by molar-refractivity contribution is 7.89. The molecule has 2 aliphatic carbocycles. The first-order valence-corrected chi connectivity index (χ1v) is 12.3. The molecule has 0 aliphatic heterocycles. The number of aromatic nitrogens is 3. The van der Waals surface area contributed by atoms with Gasteiger partial charge in [-0.2, -0.15) is 14.9 Å². The van der Waals surface area contributed by atoms with Crippen molar-refractivity contribution < 1.29 is 9.29 Å². The first-order valence-electron chi connectivity index (χ1n) is 10.6. The van der Waals surface area contributed by atoms with E-state index in [9.17, 15) is 9.81 Å². The maximum atomic E-state index is 11.9. The molecule has 3 aromatic rings. The fraction of sp³-hybridized carbons (Fsp3) is 0.409. The minimum absolute atomic E-state index is 0.229. The number of benzene rings is 1. The number of nitriles is 1. The van der Waals surface area contributed by atoms with E-state index in [-0.39, 0.29) is 5.54 Å². The van der Waals surface area contributed by atoms with Crippen LogP contribution in [0.5, 0.6) is 5.75 Å². The zero-order chi connectivity index (χ0) is 22.3. The van der Waals surface area contributed by atoms with Gasteiger partial charge in [0.15, 0.2) is 5.65 Å². The molecule has 1 atom stereocenters. The third-order valence-corrected chi connectivity index (χ3v) is 6.34. The molecule has 2 aliphatic rings. The van der Waals surface area contributed by atoms with Crippen LogP contribution in [0.2, 0.25) is 0 Å². The van der Waals surface area contributed by atoms with Crippen molar-refractivity contribution in [2.45, 2.75) is 43.0 Å². The van der Waals surface area contributed by atoms with Crippen molar-refractivity contribution in [2.75, 3.05) is 23.5 Å². The van der Waals surface area contributed by atoms with Gasteiger partial charge in [0.1, 0.15) is 41.4 Å². The number of hydrogen-bond donors (Lipinski definition) is 3. The van der Waals surface area contributed by atoms with E-state index in [1.165, 1.54) is 6.20 Å². The topological polar surface area (TPSA) is 136 Å². The maximum Gasteiger partial charge on any atom is 0.177 e. The average molecular weight is 452 g/mol. The lowest BCUT2D eigenvalue weighted by Crippen LogP contribution is -2.30. The molecule has 0 saturated heterocycles. The Hall–Kier alpha value is -3.00. The fourth-order valence-corrected chi connectivity index (χ4v) is 4.11. The number of rotatable bonds is 9. The number of nitrogens with two attached hydrogens (primary N) is 1. The minimum atomic E-state index is -1.02. The van der Waals surface area contributed by atoms with E-state index >= 15 is 0 Å². The molecule has 2 aromatic heterocycles. The molecule has 9 nitrogen and oxygen atoms in total. The number of anilines is 3. The van der Waals surface area contributed by atoms with Gasteiger partial charge < -0.3 is 25.7 Å². The summed E-state index contributed by atoms with van der Waals surface area (Å²) in [5.41, 5.74) is 8.46. The van der Waals surface area contributed by atoms with E-state index in [0.717, 1.165) is 42.8 Å². The van der Waals surface area contributed by atoms with Crippen LogP contribution in [-0.4, -0.2) is 43.6 Å². The summed E-state index contributed by atoms with van der Waals surface area (Å²) in [4.78, 5) is 4.60. The van der Waals surface area contributed by atoms with Gasteiger partial charge >= 0.3 is 0 Å². The Morgan fingerprint density at radius 3 is 2.88 bits per heavy atom. The Labute approximate surface area is 189 Å².